The van der Waals surface area contributed by atoms with Gasteiger partial charge < -0.3 is 28.5 Å². The quantitative estimate of drug-likeness (QED) is 0.383. The first kappa shape index (κ1) is 26.5. The van der Waals surface area contributed by atoms with Crippen molar-refractivity contribution in [2.45, 2.75) is 19.6 Å². The Balaban J connectivity index is 0.000000707. The van der Waals surface area contributed by atoms with Crippen molar-refractivity contribution in [1.29, 1.82) is 0 Å². The third-order valence-corrected chi connectivity index (χ3v) is 6.82. The standard InChI is InChI=1S/C26H26N4O5.C3H6O/c1-28-22-15-18(26(32)33)7-9-21(22)27-24(28)16-29-11-13-30(14-12-29)25(31)23-10-8-20(35-23)17-34-19-5-3-2-4-6-19;1-2-4-3-1/h2-10,15H,11-14,16-17H2,1H3,(H,32,33);1-3H2. The second-order valence-electron chi connectivity index (χ2n) is 9.50. The maximum absolute atomic E-state index is 12.9. The van der Waals surface area contributed by atoms with Gasteiger partial charge in [0, 0.05) is 46.4 Å². The molecule has 0 saturated carbocycles. The maximum atomic E-state index is 12.9. The van der Waals surface area contributed by atoms with E-state index in [-0.39, 0.29) is 18.1 Å². The molecule has 6 rings (SSSR count). The number of carbonyl (C=O) groups excluding carboxylic acids is 1. The highest BCUT2D eigenvalue weighted by Gasteiger charge is 2.25. The van der Waals surface area contributed by atoms with E-state index < -0.39 is 5.97 Å². The first-order valence-corrected chi connectivity index (χ1v) is 13.0. The van der Waals surface area contributed by atoms with Crippen LogP contribution in [0.4, 0.5) is 0 Å². The minimum Gasteiger partial charge on any atom is -0.486 e. The average Bonchev–Trinajstić information content (AvgIpc) is 3.51. The number of ether oxygens (including phenoxy) is 2. The van der Waals surface area contributed by atoms with Crippen molar-refractivity contribution in [3.8, 4) is 5.75 Å². The molecule has 4 aromatic rings. The van der Waals surface area contributed by atoms with Crippen molar-refractivity contribution in [2.24, 2.45) is 7.05 Å². The van der Waals surface area contributed by atoms with Gasteiger partial charge in [0.2, 0.25) is 0 Å². The van der Waals surface area contributed by atoms with Gasteiger partial charge in [-0.15, -0.1) is 0 Å². The van der Waals surface area contributed by atoms with Gasteiger partial charge in [0.05, 0.1) is 23.1 Å². The molecule has 4 heterocycles. The number of carboxylic acids is 1. The maximum Gasteiger partial charge on any atom is 0.335 e. The molecule has 0 unspecified atom stereocenters. The van der Waals surface area contributed by atoms with Crippen LogP contribution in [0, 0.1) is 0 Å². The molecular formula is C29H32N4O6. The molecule has 2 aromatic carbocycles. The second kappa shape index (κ2) is 12.1. The average molecular weight is 533 g/mol. The third-order valence-electron chi connectivity index (χ3n) is 6.82. The number of fused-ring (bicyclic) bond motifs is 1. The molecule has 204 valence electrons. The fourth-order valence-electron chi connectivity index (χ4n) is 4.37. The van der Waals surface area contributed by atoms with Crippen LogP contribution in [-0.2, 0) is 24.9 Å². The van der Waals surface area contributed by atoms with Crippen LogP contribution in [-0.4, -0.2) is 75.7 Å². The Morgan fingerprint density at radius 2 is 1.72 bits per heavy atom. The Hall–Kier alpha value is -4.15. The molecule has 0 atom stereocenters. The predicted molar refractivity (Wildman–Crippen MR) is 144 cm³/mol. The molecule has 0 radical (unpaired) electrons. The largest absolute Gasteiger partial charge is 0.486 e. The molecule has 0 bridgehead atoms. The number of piperazine rings is 1. The summed E-state index contributed by atoms with van der Waals surface area (Å²) < 4.78 is 18.1. The van der Waals surface area contributed by atoms with Crippen LogP contribution in [0.1, 0.15) is 38.9 Å². The highest BCUT2D eigenvalue weighted by atomic mass is 16.5. The van der Waals surface area contributed by atoms with Crippen LogP contribution >= 0.6 is 0 Å². The number of furan rings is 1. The molecule has 2 aliphatic rings. The first-order valence-electron chi connectivity index (χ1n) is 13.0. The highest BCUT2D eigenvalue weighted by molar-refractivity contribution is 5.92. The van der Waals surface area contributed by atoms with E-state index in [1.165, 1.54) is 6.42 Å². The Bertz CT molecular complexity index is 1410. The van der Waals surface area contributed by atoms with Gasteiger partial charge >= 0.3 is 5.97 Å². The van der Waals surface area contributed by atoms with Crippen LogP contribution in [0.25, 0.3) is 11.0 Å². The number of carboxylic acid groups (broad SMARTS) is 1. The third kappa shape index (κ3) is 6.47. The molecule has 1 amide bonds. The van der Waals surface area contributed by atoms with Crippen molar-refractivity contribution in [2.75, 3.05) is 39.4 Å². The number of rotatable bonds is 7. The van der Waals surface area contributed by atoms with Crippen LogP contribution in [0.15, 0.2) is 65.1 Å². The van der Waals surface area contributed by atoms with Crippen molar-refractivity contribution in [3.63, 3.8) is 0 Å². The summed E-state index contributed by atoms with van der Waals surface area (Å²) in [4.78, 5) is 32.9. The highest BCUT2D eigenvalue weighted by Crippen LogP contribution is 2.20. The summed E-state index contributed by atoms with van der Waals surface area (Å²) in [6.07, 6.45) is 1.28. The molecule has 1 N–H and O–H groups in total. The molecule has 39 heavy (non-hydrogen) atoms. The van der Waals surface area contributed by atoms with Gasteiger partial charge in [-0.1, -0.05) is 18.2 Å². The van der Waals surface area contributed by atoms with E-state index >= 15 is 0 Å². The number of hydrogen-bond donors (Lipinski definition) is 1. The van der Waals surface area contributed by atoms with E-state index in [9.17, 15) is 14.7 Å². The number of aromatic nitrogens is 2. The Kier molecular flexibility index (Phi) is 8.24. The molecule has 2 fully saturated rings. The number of carbonyl (C=O) groups is 2. The van der Waals surface area contributed by atoms with E-state index in [0.29, 0.717) is 44.2 Å². The number of benzene rings is 2. The van der Waals surface area contributed by atoms with Gasteiger partial charge in [-0.3, -0.25) is 9.69 Å². The number of para-hydroxylation sites is 1. The summed E-state index contributed by atoms with van der Waals surface area (Å²) >= 11 is 0. The Morgan fingerprint density at radius 1 is 1.00 bits per heavy atom. The molecule has 2 aromatic heterocycles. The van der Waals surface area contributed by atoms with Gasteiger partial charge in [-0.05, 0) is 48.9 Å². The fourth-order valence-corrected chi connectivity index (χ4v) is 4.37. The van der Waals surface area contributed by atoms with Crippen LogP contribution in [0.2, 0.25) is 0 Å². The number of hydrogen-bond acceptors (Lipinski definition) is 7. The molecular weight excluding hydrogens is 500 g/mol. The molecule has 0 aliphatic carbocycles. The second-order valence-corrected chi connectivity index (χ2v) is 9.50. The number of aromatic carboxylic acids is 1. The van der Waals surface area contributed by atoms with Gasteiger partial charge in [0.15, 0.2) is 5.76 Å². The summed E-state index contributed by atoms with van der Waals surface area (Å²) in [6, 6.07) is 17.9. The van der Waals surface area contributed by atoms with Crippen LogP contribution < -0.4 is 4.74 Å². The topological polar surface area (TPSA) is 110 Å². The van der Waals surface area contributed by atoms with Crippen molar-refractivity contribution >= 4 is 22.9 Å². The summed E-state index contributed by atoms with van der Waals surface area (Å²) in [5.74, 6) is 1.44. The lowest BCUT2D eigenvalue weighted by Crippen LogP contribution is -2.48. The van der Waals surface area contributed by atoms with Gasteiger partial charge in [0.25, 0.3) is 5.91 Å². The molecule has 10 heteroatoms. The van der Waals surface area contributed by atoms with E-state index in [2.05, 4.69) is 9.88 Å². The zero-order chi connectivity index (χ0) is 27.2. The van der Waals surface area contributed by atoms with E-state index in [1.54, 1.807) is 35.2 Å². The smallest absolute Gasteiger partial charge is 0.335 e. The SMILES string of the molecule is C1COC1.Cn1c(CN2CCN(C(=O)c3ccc(COc4ccccc4)o3)CC2)nc2ccc(C(=O)O)cc21. The zero-order valence-electron chi connectivity index (χ0n) is 21.9. The summed E-state index contributed by atoms with van der Waals surface area (Å²) in [6.45, 7) is 5.47. The molecule has 10 nitrogen and oxygen atoms in total. The summed E-state index contributed by atoms with van der Waals surface area (Å²) in [5, 5.41) is 9.25. The zero-order valence-corrected chi connectivity index (χ0v) is 21.9. The van der Waals surface area contributed by atoms with Crippen LogP contribution in [0.3, 0.4) is 0 Å². The van der Waals surface area contributed by atoms with E-state index in [0.717, 1.165) is 35.8 Å². The lowest BCUT2D eigenvalue weighted by atomic mass is 10.2. The Labute approximate surface area is 226 Å². The van der Waals surface area contributed by atoms with Gasteiger partial charge in [-0.25, -0.2) is 9.78 Å². The Morgan fingerprint density at radius 3 is 2.38 bits per heavy atom. The molecule has 2 aliphatic heterocycles. The monoisotopic (exact) mass is 532 g/mol. The predicted octanol–water partition coefficient (Wildman–Crippen LogP) is 3.81. The molecule has 2 saturated heterocycles. The number of amides is 1. The van der Waals surface area contributed by atoms with E-state index in [4.69, 9.17) is 13.9 Å². The summed E-state index contributed by atoms with van der Waals surface area (Å²) in [7, 11) is 1.89. The lowest BCUT2D eigenvalue weighted by Gasteiger charge is -2.34. The van der Waals surface area contributed by atoms with Gasteiger partial charge in [0.1, 0.15) is 23.9 Å². The van der Waals surface area contributed by atoms with Crippen LogP contribution in [0.5, 0.6) is 5.75 Å². The fraction of sp³-hybridized carbons (Fsp3) is 0.345. The number of imidazole rings is 1. The molecule has 0 spiro atoms. The van der Waals surface area contributed by atoms with Crippen molar-refractivity contribution in [1.82, 2.24) is 19.4 Å². The van der Waals surface area contributed by atoms with Crippen molar-refractivity contribution < 1.29 is 28.6 Å². The summed E-state index contributed by atoms with van der Waals surface area (Å²) in [5.41, 5.74) is 1.80. The van der Waals surface area contributed by atoms with Gasteiger partial charge in [-0.2, -0.15) is 0 Å². The minimum atomic E-state index is -0.956. The van der Waals surface area contributed by atoms with Crippen molar-refractivity contribution in [3.05, 3.63) is 83.6 Å². The number of nitrogens with zero attached hydrogens (tertiary/aromatic N) is 4. The van der Waals surface area contributed by atoms with E-state index in [1.807, 2.05) is 41.9 Å². The number of aryl methyl sites for hydroxylation is 1. The first-order chi connectivity index (χ1) is 19.0. The lowest BCUT2D eigenvalue weighted by molar-refractivity contribution is 0.0367. The minimum absolute atomic E-state index is 0.125. The normalized spacial score (nSPS) is 15.4.